The standard InChI is InChI=1S/C12H17ClN2O3S/c1-7-5-8(19(14,17)18)6-9(13)10(7)15-11(16)12(2,3)4/h5-6H,1-4H3,(H,15,16)(H2,14,17,18). The maximum absolute atomic E-state index is 11.9. The van der Waals surface area contributed by atoms with Crippen LogP contribution in [0.5, 0.6) is 0 Å². The van der Waals surface area contributed by atoms with Crippen molar-refractivity contribution in [3.63, 3.8) is 0 Å². The van der Waals surface area contributed by atoms with Gasteiger partial charge in [-0.3, -0.25) is 4.79 Å². The SMILES string of the molecule is Cc1cc(S(N)(=O)=O)cc(Cl)c1NC(=O)C(C)(C)C. The molecule has 1 aromatic rings. The largest absolute Gasteiger partial charge is 0.324 e. The number of benzene rings is 1. The Morgan fingerprint density at radius 1 is 1.32 bits per heavy atom. The Bertz CT molecular complexity index is 595. The quantitative estimate of drug-likeness (QED) is 0.878. The fourth-order valence-corrected chi connectivity index (χ4v) is 2.34. The number of aryl methyl sites for hydroxylation is 1. The van der Waals surface area contributed by atoms with Crippen molar-refractivity contribution in [1.29, 1.82) is 0 Å². The average molecular weight is 305 g/mol. The van der Waals surface area contributed by atoms with Crippen molar-refractivity contribution >= 4 is 33.2 Å². The predicted octanol–water partition coefficient (Wildman–Crippen LogP) is 2.28. The van der Waals surface area contributed by atoms with Crippen LogP contribution in [0.2, 0.25) is 5.02 Å². The molecule has 3 N–H and O–H groups in total. The Labute approximate surface area is 118 Å². The molecule has 0 aliphatic carbocycles. The van der Waals surface area contributed by atoms with Crippen LogP contribution >= 0.6 is 11.6 Å². The maximum atomic E-state index is 11.9. The zero-order valence-corrected chi connectivity index (χ0v) is 12.8. The number of sulfonamides is 1. The number of amides is 1. The summed E-state index contributed by atoms with van der Waals surface area (Å²) in [5, 5.41) is 7.87. The number of anilines is 1. The summed E-state index contributed by atoms with van der Waals surface area (Å²) in [7, 11) is -3.82. The zero-order chi connectivity index (χ0) is 15.0. The summed E-state index contributed by atoms with van der Waals surface area (Å²) in [5.74, 6) is -0.208. The number of nitrogens with one attached hydrogen (secondary N) is 1. The first kappa shape index (κ1) is 15.9. The van der Waals surface area contributed by atoms with Crippen LogP contribution < -0.4 is 10.5 Å². The molecule has 7 heteroatoms. The molecule has 0 radical (unpaired) electrons. The highest BCUT2D eigenvalue weighted by Gasteiger charge is 2.23. The third kappa shape index (κ3) is 3.92. The number of carbonyl (C=O) groups excluding carboxylic acids is 1. The fraction of sp³-hybridized carbons (Fsp3) is 0.417. The van der Waals surface area contributed by atoms with Gasteiger partial charge in [-0.1, -0.05) is 32.4 Å². The first-order valence-corrected chi connectivity index (χ1v) is 7.50. The third-order valence-corrected chi connectivity index (χ3v) is 3.70. The molecular weight excluding hydrogens is 288 g/mol. The number of nitrogens with two attached hydrogens (primary N) is 1. The molecule has 0 fully saturated rings. The number of carbonyl (C=O) groups is 1. The number of rotatable bonds is 2. The van der Waals surface area contributed by atoms with Gasteiger partial charge < -0.3 is 5.32 Å². The van der Waals surface area contributed by atoms with Crippen LogP contribution in [0.3, 0.4) is 0 Å². The van der Waals surface area contributed by atoms with E-state index in [2.05, 4.69) is 5.32 Å². The monoisotopic (exact) mass is 304 g/mol. The summed E-state index contributed by atoms with van der Waals surface area (Å²) < 4.78 is 22.5. The lowest BCUT2D eigenvalue weighted by Gasteiger charge is -2.19. The molecule has 0 aromatic heterocycles. The van der Waals surface area contributed by atoms with Gasteiger partial charge in [0, 0.05) is 5.41 Å². The molecule has 19 heavy (non-hydrogen) atoms. The van der Waals surface area contributed by atoms with Crippen molar-refractivity contribution in [2.75, 3.05) is 5.32 Å². The lowest BCUT2D eigenvalue weighted by molar-refractivity contribution is -0.123. The van der Waals surface area contributed by atoms with E-state index in [0.29, 0.717) is 11.3 Å². The van der Waals surface area contributed by atoms with Gasteiger partial charge in [-0.2, -0.15) is 0 Å². The minimum Gasteiger partial charge on any atom is -0.324 e. The molecule has 0 saturated heterocycles. The number of hydrogen-bond acceptors (Lipinski definition) is 3. The molecule has 0 unspecified atom stereocenters. The highest BCUT2D eigenvalue weighted by Crippen LogP contribution is 2.30. The highest BCUT2D eigenvalue weighted by molar-refractivity contribution is 7.89. The van der Waals surface area contributed by atoms with Crippen LogP contribution in [0.25, 0.3) is 0 Å². The zero-order valence-electron chi connectivity index (χ0n) is 11.2. The summed E-state index contributed by atoms with van der Waals surface area (Å²) in [5.41, 5.74) is 0.358. The van der Waals surface area contributed by atoms with E-state index in [0.717, 1.165) is 0 Å². The molecule has 1 amide bonds. The summed E-state index contributed by atoms with van der Waals surface area (Å²) in [6, 6.07) is 2.60. The molecule has 0 saturated carbocycles. The summed E-state index contributed by atoms with van der Waals surface area (Å²) >= 11 is 6.00. The van der Waals surface area contributed by atoms with Crippen molar-refractivity contribution in [2.24, 2.45) is 10.6 Å². The Hall–Kier alpha value is -1.11. The molecule has 106 valence electrons. The van der Waals surface area contributed by atoms with Crippen LogP contribution in [-0.4, -0.2) is 14.3 Å². The summed E-state index contributed by atoms with van der Waals surface area (Å²) in [6.07, 6.45) is 0. The molecule has 0 aliphatic heterocycles. The Balaban J connectivity index is 3.23. The van der Waals surface area contributed by atoms with E-state index in [9.17, 15) is 13.2 Å². The summed E-state index contributed by atoms with van der Waals surface area (Å²) in [4.78, 5) is 11.8. The average Bonchev–Trinajstić information content (AvgIpc) is 2.19. The summed E-state index contributed by atoms with van der Waals surface area (Å²) in [6.45, 7) is 6.96. The van der Waals surface area contributed by atoms with Crippen LogP contribution in [-0.2, 0) is 14.8 Å². The van der Waals surface area contributed by atoms with Gasteiger partial charge >= 0.3 is 0 Å². The van der Waals surface area contributed by atoms with Crippen molar-refractivity contribution < 1.29 is 13.2 Å². The van der Waals surface area contributed by atoms with Gasteiger partial charge in [-0.05, 0) is 24.6 Å². The second kappa shape index (κ2) is 5.11. The maximum Gasteiger partial charge on any atom is 0.238 e. The molecule has 0 spiro atoms. The number of hydrogen-bond donors (Lipinski definition) is 2. The topological polar surface area (TPSA) is 89.3 Å². The van der Waals surface area contributed by atoms with Crippen LogP contribution in [0.15, 0.2) is 17.0 Å². The van der Waals surface area contributed by atoms with Gasteiger partial charge in [0.1, 0.15) is 0 Å². The van der Waals surface area contributed by atoms with Crippen LogP contribution in [0.1, 0.15) is 26.3 Å². The minimum absolute atomic E-state index is 0.0799. The minimum atomic E-state index is -3.82. The van der Waals surface area contributed by atoms with E-state index in [1.807, 2.05) is 0 Å². The van der Waals surface area contributed by atoms with E-state index in [1.165, 1.54) is 12.1 Å². The molecule has 0 heterocycles. The fourth-order valence-electron chi connectivity index (χ4n) is 1.34. The molecular formula is C12H17ClN2O3S. The van der Waals surface area contributed by atoms with Crippen LogP contribution in [0, 0.1) is 12.3 Å². The molecule has 0 aliphatic rings. The van der Waals surface area contributed by atoms with Gasteiger partial charge in [0.2, 0.25) is 15.9 Å². The first-order valence-electron chi connectivity index (χ1n) is 5.57. The number of primary sulfonamides is 1. The van der Waals surface area contributed by atoms with E-state index >= 15 is 0 Å². The van der Waals surface area contributed by atoms with Gasteiger partial charge in [-0.25, -0.2) is 13.6 Å². The Kier molecular flexibility index (Phi) is 4.29. The van der Waals surface area contributed by atoms with Gasteiger partial charge in [0.15, 0.2) is 0 Å². The van der Waals surface area contributed by atoms with Gasteiger partial charge in [-0.15, -0.1) is 0 Å². The first-order chi connectivity index (χ1) is 8.43. The lowest BCUT2D eigenvalue weighted by Crippen LogP contribution is -2.28. The van der Waals surface area contributed by atoms with Crippen molar-refractivity contribution in [3.8, 4) is 0 Å². The molecule has 0 atom stereocenters. The van der Waals surface area contributed by atoms with Crippen molar-refractivity contribution in [2.45, 2.75) is 32.6 Å². The van der Waals surface area contributed by atoms with E-state index in [4.69, 9.17) is 16.7 Å². The lowest BCUT2D eigenvalue weighted by atomic mass is 9.95. The third-order valence-electron chi connectivity index (χ3n) is 2.51. The van der Waals surface area contributed by atoms with Crippen LogP contribution in [0.4, 0.5) is 5.69 Å². The highest BCUT2D eigenvalue weighted by atomic mass is 35.5. The molecule has 1 aromatic carbocycles. The molecule has 5 nitrogen and oxygen atoms in total. The second-order valence-electron chi connectivity index (χ2n) is 5.35. The smallest absolute Gasteiger partial charge is 0.238 e. The van der Waals surface area contributed by atoms with E-state index in [1.54, 1.807) is 27.7 Å². The van der Waals surface area contributed by atoms with Crippen molar-refractivity contribution in [1.82, 2.24) is 0 Å². The Morgan fingerprint density at radius 3 is 2.21 bits per heavy atom. The normalized spacial score (nSPS) is 12.3. The van der Waals surface area contributed by atoms with Gasteiger partial charge in [0.25, 0.3) is 0 Å². The second-order valence-corrected chi connectivity index (χ2v) is 7.31. The van der Waals surface area contributed by atoms with E-state index in [-0.39, 0.29) is 15.8 Å². The van der Waals surface area contributed by atoms with Crippen molar-refractivity contribution in [3.05, 3.63) is 22.7 Å². The molecule has 1 rings (SSSR count). The predicted molar refractivity (Wildman–Crippen MR) is 75.6 cm³/mol. The van der Waals surface area contributed by atoms with E-state index < -0.39 is 15.4 Å². The Morgan fingerprint density at radius 2 is 1.84 bits per heavy atom. The van der Waals surface area contributed by atoms with Gasteiger partial charge in [0.05, 0.1) is 15.6 Å². The molecule has 0 bridgehead atoms. The number of halogens is 1.